The maximum absolute atomic E-state index is 11.7. The van der Waals surface area contributed by atoms with E-state index in [0.717, 1.165) is 19.4 Å². The van der Waals surface area contributed by atoms with Crippen LogP contribution in [0.25, 0.3) is 0 Å². The van der Waals surface area contributed by atoms with E-state index < -0.39 is 6.04 Å². The van der Waals surface area contributed by atoms with Gasteiger partial charge in [0.15, 0.2) is 0 Å². The number of nitrogens with one attached hydrogen (secondary N) is 1. The molecule has 1 saturated heterocycles. The zero-order chi connectivity index (χ0) is 11.4. The molecule has 3 N–H and O–H groups in total. The van der Waals surface area contributed by atoms with Crippen molar-refractivity contribution in [3.05, 3.63) is 0 Å². The predicted molar refractivity (Wildman–Crippen MR) is 59.4 cm³/mol. The van der Waals surface area contributed by atoms with E-state index in [4.69, 9.17) is 10.5 Å². The Morgan fingerprint density at radius 2 is 2.27 bits per heavy atom. The van der Waals surface area contributed by atoms with Gasteiger partial charge >= 0.3 is 0 Å². The molecule has 2 unspecified atom stereocenters. The molecule has 0 aromatic heterocycles. The van der Waals surface area contributed by atoms with Gasteiger partial charge in [0, 0.05) is 6.61 Å². The van der Waals surface area contributed by atoms with Gasteiger partial charge in [-0.05, 0) is 25.7 Å². The maximum Gasteiger partial charge on any atom is 0.237 e. The van der Waals surface area contributed by atoms with Crippen LogP contribution in [-0.4, -0.2) is 30.7 Å². The van der Waals surface area contributed by atoms with Gasteiger partial charge in [-0.15, -0.1) is 0 Å². The molecule has 0 spiro atoms. The fourth-order valence-corrected chi connectivity index (χ4v) is 1.83. The van der Waals surface area contributed by atoms with Crippen molar-refractivity contribution >= 4 is 5.91 Å². The van der Waals surface area contributed by atoms with Gasteiger partial charge in [-0.2, -0.15) is 0 Å². The first kappa shape index (κ1) is 12.5. The quantitative estimate of drug-likeness (QED) is 0.722. The van der Waals surface area contributed by atoms with Crippen LogP contribution in [0.1, 0.15) is 33.6 Å². The smallest absolute Gasteiger partial charge is 0.237 e. The summed E-state index contributed by atoms with van der Waals surface area (Å²) in [4.78, 5) is 11.7. The Bertz CT molecular complexity index is 219. The maximum atomic E-state index is 11.7. The molecule has 1 heterocycles. The highest BCUT2D eigenvalue weighted by atomic mass is 16.5. The number of rotatable bonds is 4. The number of hydrogen-bond donors (Lipinski definition) is 2. The number of amides is 1. The van der Waals surface area contributed by atoms with Crippen LogP contribution in [0.3, 0.4) is 0 Å². The van der Waals surface area contributed by atoms with E-state index in [9.17, 15) is 4.79 Å². The van der Waals surface area contributed by atoms with Crippen molar-refractivity contribution in [1.82, 2.24) is 5.32 Å². The molecule has 0 aromatic rings. The summed E-state index contributed by atoms with van der Waals surface area (Å²) in [6, 6.07) is -0.256. The van der Waals surface area contributed by atoms with Crippen molar-refractivity contribution in [3.63, 3.8) is 0 Å². The van der Waals surface area contributed by atoms with Crippen LogP contribution in [0.2, 0.25) is 0 Å². The summed E-state index contributed by atoms with van der Waals surface area (Å²) in [6.07, 6.45) is 1.73. The molecule has 1 amide bonds. The summed E-state index contributed by atoms with van der Waals surface area (Å²) in [7, 11) is 0. The van der Waals surface area contributed by atoms with E-state index in [1.807, 2.05) is 6.92 Å². The third-order valence-electron chi connectivity index (χ3n) is 2.77. The van der Waals surface area contributed by atoms with Crippen molar-refractivity contribution in [2.45, 2.75) is 51.8 Å². The van der Waals surface area contributed by atoms with Gasteiger partial charge < -0.3 is 15.8 Å². The van der Waals surface area contributed by atoms with Crippen molar-refractivity contribution < 1.29 is 9.53 Å². The second kappa shape index (κ2) is 5.47. The summed E-state index contributed by atoms with van der Waals surface area (Å²) in [6.45, 7) is 6.83. The molecule has 0 bridgehead atoms. The molecular formula is C11H22N2O2. The van der Waals surface area contributed by atoms with E-state index in [1.165, 1.54) is 0 Å². The van der Waals surface area contributed by atoms with E-state index in [-0.39, 0.29) is 18.1 Å². The van der Waals surface area contributed by atoms with Crippen LogP contribution in [0.4, 0.5) is 0 Å². The normalized spacial score (nSPS) is 28.1. The lowest BCUT2D eigenvalue weighted by Crippen LogP contribution is -2.48. The summed E-state index contributed by atoms with van der Waals surface area (Å²) >= 11 is 0. The Balaban J connectivity index is 2.34. The Labute approximate surface area is 91.5 Å². The lowest BCUT2D eigenvalue weighted by Gasteiger charge is -2.20. The summed E-state index contributed by atoms with van der Waals surface area (Å²) in [5.41, 5.74) is 5.79. The monoisotopic (exact) mass is 214 g/mol. The van der Waals surface area contributed by atoms with Gasteiger partial charge in [-0.25, -0.2) is 0 Å². The fraction of sp³-hybridized carbons (Fsp3) is 0.909. The van der Waals surface area contributed by atoms with Crippen molar-refractivity contribution in [3.8, 4) is 0 Å². The van der Waals surface area contributed by atoms with Crippen LogP contribution in [-0.2, 0) is 9.53 Å². The van der Waals surface area contributed by atoms with Gasteiger partial charge in [0.05, 0.1) is 18.2 Å². The zero-order valence-electron chi connectivity index (χ0n) is 9.82. The highest BCUT2D eigenvalue weighted by molar-refractivity contribution is 5.81. The second-order valence-electron chi connectivity index (χ2n) is 4.72. The lowest BCUT2D eigenvalue weighted by atomic mass is 10.0. The summed E-state index contributed by atoms with van der Waals surface area (Å²) in [5, 5.41) is 2.94. The molecule has 15 heavy (non-hydrogen) atoms. The van der Waals surface area contributed by atoms with Gasteiger partial charge in [0.1, 0.15) is 0 Å². The largest absolute Gasteiger partial charge is 0.376 e. The fourth-order valence-electron chi connectivity index (χ4n) is 1.83. The lowest BCUT2D eigenvalue weighted by molar-refractivity contribution is -0.123. The third-order valence-corrected chi connectivity index (χ3v) is 2.77. The minimum absolute atomic E-state index is 0.0500. The summed E-state index contributed by atoms with van der Waals surface area (Å²) in [5.74, 6) is 0.397. The standard InChI is InChI=1S/C11H22N2O2/c1-7(2)6-9(12)11(14)13-10-4-5-15-8(10)3/h7-10H,4-6,12H2,1-3H3,(H,13,14)/t8?,9-,10?/m1/s1. The molecule has 4 heteroatoms. The SMILES string of the molecule is CC(C)C[C@@H](N)C(=O)NC1CCOC1C. The number of hydrogen-bond acceptors (Lipinski definition) is 3. The number of nitrogens with two attached hydrogens (primary N) is 1. The predicted octanol–water partition coefficient (Wildman–Crippen LogP) is 0.653. The average Bonchev–Trinajstić information content (AvgIpc) is 2.50. The van der Waals surface area contributed by atoms with E-state index >= 15 is 0 Å². The zero-order valence-corrected chi connectivity index (χ0v) is 9.82. The van der Waals surface area contributed by atoms with E-state index in [2.05, 4.69) is 19.2 Å². The van der Waals surface area contributed by atoms with E-state index in [0.29, 0.717) is 5.92 Å². The Morgan fingerprint density at radius 1 is 1.60 bits per heavy atom. The first-order valence-corrected chi connectivity index (χ1v) is 5.68. The van der Waals surface area contributed by atoms with Crippen LogP contribution in [0, 0.1) is 5.92 Å². The first-order valence-electron chi connectivity index (χ1n) is 5.68. The number of ether oxygens (including phenoxy) is 1. The average molecular weight is 214 g/mol. The van der Waals surface area contributed by atoms with Crippen molar-refractivity contribution in [2.24, 2.45) is 11.7 Å². The van der Waals surface area contributed by atoms with Crippen LogP contribution in [0.5, 0.6) is 0 Å². The van der Waals surface area contributed by atoms with Crippen molar-refractivity contribution in [2.75, 3.05) is 6.61 Å². The Morgan fingerprint density at radius 3 is 2.73 bits per heavy atom. The van der Waals surface area contributed by atoms with Crippen LogP contribution >= 0.6 is 0 Å². The third kappa shape index (κ3) is 3.80. The molecular weight excluding hydrogens is 192 g/mol. The van der Waals surface area contributed by atoms with Crippen molar-refractivity contribution in [1.29, 1.82) is 0 Å². The highest BCUT2D eigenvalue weighted by Gasteiger charge is 2.27. The molecule has 0 aliphatic carbocycles. The van der Waals surface area contributed by atoms with Crippen LogP contribution < -0.4 is 11.1 Å². The minimum atomic E-state index is -0.391. The van der Waals surface area contributed by atoms with Gasteiger partial charge in [-0.1, -0.05) is 13.8 Å². The second-order valence-corrected chi connectivity index (χ2v) is 4.72. The molecule has 4 nitrogen and oxygen atoms in total. The molecule has 1 rings (SSSR count). The van der Waals surface area contributed by atoms with Gasteiger partial charge in [0.2, 0.25) is 5.91 Å². The highest BCUT2D eigenvalue weighted by Crippen LogP contribution is 2.13. The van der Waals surface area contributed by atoms with Crippen LogP contribution in [0.15, 0.2) is 0 Å². The number of carbonyl (C=O) groups is 1. The molecule has 1 aliphatic rings. The van der Waals surface area contributed by atoms with E-state index in [1.54, 1.807) is 0 Å². The molecule has 0 radical (unpaired) electrons. The summed E-state index contributed by atoms with van der Waals surface area (Å²) < 4.78 is 5.37. The molecule has 1 fully saturated rings. The Kier molecular flexibility index (Phi) is 4.54. The first-order chi connectivity index (χ1) is 7.00. The molecule has 88 valence electrons. The molecule has 0 aromatic carbocycles. The van der Waals surface area contributed by atoms with Gasteiger partial charge in [-0.3, -0.25) is 4.79 Å². The molecule has 3 atom stereocenters. The number of carbonyl (C=O) groups excluding carboxylic acids is 1. The topological polar surface area (TPSA) is 64.4 Å². The Hall–Kier alpha value is -0.610. The molecule has 0 saturated carbocycles. The van der Waals surface area contributed by atoms with Gasteiger partial charge in [0.25, 0.3) is 0 Å². The molecule has 1 aliphatic heterocycles. The minimum Gasteiger partial charge on any atom is -0.376 e.